The third kappa shape index (κ3) is 7.09. The first-order chi connectivity index (χ1) is 8.58. The monoisotopic (exact) mass is 329 g/mol. The molecule has 0 aromatic carbocycles. The van der Waals surface area contributed by atoms with Gasteiger partial charge in [0.1, 0.15) is 0 Å². The van der Waals surface area contributed by atoms with Crippen molar-refractivity contribution in [1.82, 2.24) is 9.80 Å². The van der Waals surface area contributed by atoms with Crippen molar-refractivity contribution in [2.75, 3.05) is 39.3 Å². The molecule has 1 aliphatic heterocycles. The molecule has 1 amide bonds. The Bertz CT molecular complexity index is 264. The van der Waals surface area contributed by atoms with E-state index in [-0.39, 0.29) is 36.8 Å². The lowest BCUT2D eigenvalue weighted by molar-refractivity contribution is -0.131. The fraction of sp³-hybridized carbons (Fsp3) is 0.923. The summed E-state index contributed by atoms with van der Waals surface area (Å²) >= 11 is 0. The number of nitrogens with two attached hydrogens (primary N) is 1. The van der Waals surface area contributed by atoms with E-state index in [9.17, 15) is 4.79 Å². The van der Waals surface area contributed by atoms with Crippen molar-refractivity contribution in [2.45, 2.75) is 39.3 Å². The summed E-state index contributed by atoms with van der Waals surface area (Å²) in [5.74, 6) is 0.0323. The standard InChI is InChI=1S/C13H27N3O2.2ClH/c1-4-15(5-2)8-9-18-12-6-7-16(10-12)13(17)11(3)14;;/h11-12H,4-10,14H2,1-3H3;2*1H/t11-,12?;;/m1../s1. The van der Waals surface area contributed by atoms with Crippen molar-refractivity contribution in [1.29, 1.82) is 0 Å². The molecule has 0 spiro atoms. The third-order valence-electron chi connectivity index (χ3n) is 3.50. The number of hydrogen-bond donors (Lipinski definition) is 1. The lowest BCUT2D eigenvalue weighted by atomic mass is 10.3. The van der Waals surface area contributed by atoms with Gasteiger partial charge in [-0.2, -0.15) is 0 Å². The van der Waals surface area contributed by atoms with Crippen LogP contribution in [0.2, 0.25) is 0 Å². The molecule has 0 bridgehead atoms. The molecule has 2 N–H and O–H groups in total. The molecule has 5 nitrogen and oxygen atoms in total. The molecule has 1 aliphatic rings. The Morgan fingerprint density at radius 2 is 2.00 bits per heavy atom. The fourth-order valence-corrected chi connectivity index (χ4v) is 2.24. The number of rotatable bonds is 7. The average Bonchev–Trinajstić information content (AvgIpc) is 2.82. The average molecular weight is 330 g/mol. The predicted molar refractivity (Wildman–Crippen MR) is 86.9 cm³/mol. The Hall–Kier alpha value is -0.0700. The maximum Gasteiger partial charge on any atom is 0.239 e. The van der Waals surface area contributed by atoms with Crippen molar-refractivity contribution in [3.8, 4) is 0 Å². The number of carbonyl (C=O) groups is 1. The molecule has 1 rings (SSSR count). The molecule has 0 aromatic heterocycles. The third-order valence-corrected chi connectivity index (χ3v) is 3.50. The van der Waals surface area contributed by atoms with Crippen LogP contribution in [0, 0.1) is 0 Å². The van der Waals surface area contributed by atoms with Crippen molar-refractivity contribution < 1.29 is 9.53 Å². The minimum absolute atomic E-state index is 0. The first-order valence-corrected chi connectivity index (χ1v) is 6.96. The molecule has 0 saturated carbocycles. The molecule has 1 fully saturated rings. The van der Waals surface area contributed by atoms with Crippen LogP contribution in [0.4, 0.5) is 0 Å². The van der Waals surface area contributed by atoms with Gasteiger partial charge in [-0.25, -0.2) is 0 Å². The van der Waals surface area contributed by atoms with Crippen LogP contribution < -0.4 is 5.73 Å². The van der Waals surface area contributed by atoms with Crippen LogP contribution in [0.5, 0.6) is 0 Å². The number of likely N-dealkylation sites (tertiary alicyclic amines) is 1. The van der Waals surface area contributed by atoms with Crippen LogP contribution in [0.15, 0.2) is 0 Å². The van der Waals surface area contributed by atoms with Crippen LogP contribution in [0.3, 0.4) is 0 Å². The van der Waals surface area contributed by atoms with Crippen LogP contribution >= 0.6 is 24.8 Å². The van der Waals surface area contributed by atoms with E-state index in [1.807, 2.05) is 4.90 Å². The summed E-state index contributed by atoms with van der Waals surface area (Å²) < 4.78 is 5.82. The van der Waals surface area contributed by atoms with Crippen molar-refractivity contribution in [3.05, 3.63) is 0 Å². The summed E-state index contributed by atoms with van der Waals surface area (Å²) in [6, 6.07) is -0.403. The molecular formula is C13H29Cl2N3O2. The van der Waals surface area contributed by atoms with E-state index in [4.69, 9.17) is 10.5 Å². The number of hydrogen-bond acceptors (Lipinski definition) is 4. The second kappa shape index (κ2) is 11.6. The zero-order chi connectivity index (χ0) is 13.5. The maximum atomic E-state index is 11.7. The van der Waals surface area contributed by atoms with Crippen molar-refractivity contribution in [3.63, 3.8) is 0 Å². The summed E-state index contributed by atoms with van der Waals surface area (Å²) in [4.78, 5) is 15.8. The molecular weight excluding hydrogens is 301 g/mol. The number of likely N-dealkylation sites (N-methyl/N-ethyl adjacent to an activating group) is 1. The minimum Gasteiger partial charge on any atom is -0.375 e. The van der Waals surface area contributed by atoms with E-state index in [0.717, 1.165) is 39.2 Å². The van der Waals surface area contributed by atoms with Gasteiger partial charge in [-0.3, -0.25) is 4.79 Å². The molecule has 7 heteroatoms. The van der Waals surface area contributed by atoms with E-state index >= 15 is 0 Å². The highest BCUT2D eigenvalue weighted by Crippen LogP contribution is 2.13. The number of halogens is 2. The van der Waals surface area contributed by atoms with E-state index < -0.39 is 6.04 Å². The minimum atomic E-state index is -0.403. The Labute approximate surface area is 135 Å². The topological polar surface area (TPSA) is 58.8 Å². The van der Waals surface area contributed by atoms with Crippen LogP contribution in [-0.4, -0.2) is 67.2 Å². The number of nitrogens with zero attached hydrogens (tertiary/aromatic N) is 2. The van der Waals surface area contributed by atoms with Gasteiger partial charge in [0, 0.05) is 19.6 Å². The Morgan fingerprint density at radius 3 is 2.50 bits per heavy atom. The van der Waals surface area contributed by atoms with Gasteiger partial charge < -0.3 is 20.3 Å². The largest absolute Gasteiger partial charge is 0.375 e. The van der Waals surface area contributed by atoms with Gasteiger partial charge >= 0.3 is 0 Å². The zero-order valence-electron chi connectivity index (χ0n) is 12.7. The lowest BCUT2D eigenvalue weighted by Crippen LogP contribution is -2.41. The smallest absolute Gasteiger partial charge is 0.239 e. The maximum absolute atomic E-state index is 11.7. The highest BCUT2D eigenvalue weighted by Gasteiger charge is 2.28. The zero-order valence-corrected chi connectivity index (χ0v) is 14.3. The molecule has 0 aliphatic carbocycles. The number of carbonyl (C=O) groups excluding carboxylic acids is 1. The van der Waals surface area contributed by atoms with Crippen molar-refractivity contribution in [2.24, 2.45) is 5.73 Å². The van der Waals surface area contributed by atoms with E-state index in [1.165, 1.54) is 0 Å². The van der Waals surface area contributed by atoms with Gasteiger partial charge in [-0.05, 0) is 26.4 Å². The molecule has 0 aromatic rings. The van der Waals surface area contributed by atoms with Crippen LogP contribution in [0.25, 0.3) is 0 Å². The summed E-state index contributed by atoms with van der Waals surface area (Å²) in [5, 5.41) is 0. The highest BCUT2D eigenvalue weighted by atomic mass is 35.5. The number of amides is 1. The van der Waals surface area contributed by atoms with Gasteiger partial charge in [0.2, 0.25) is 5.91 Å². The first kappa shape index (κ1) is 22.2. The van der Waals surface area contributed by atoms with Gasteiger partial charge in [-0.15, -0.1) is 24.8 Å². The molecule has 0 radical (unpaired) electrons. The normalized spacial score (nSPS) is 19.4. The molecule has 122 valence electrons. The van der Waals surface area contributed by atoms with E-state index in [1.54, 1.807) is 6.92 Å². The summed E-state index contributed by atoms with van der Waals surface area (Å²) in [5.41, 5.74) is 5.60. The Morgan fingerprint density at radius 1 is 1.40 bits per heavy atom. The quantitative estimate of drug-likeness (QED) is 0.760. The van der Waals surface area contributed by atoms with E-state index in [0.29, 0.717) is 6.54 Å². The van der Waals surface area contributed by atoms with Crippen LogP contribution in [0.1, 0.15) is 27.2 Å². The van der Waals surface area contributed by atoms with E-state index in [2.05, 4.69) is 18.7 Å². The van der Waals surface area contributed by atoms with Gasteiger partial charge in [0.15, 0.2) is 0 Å². The molecule has 1 heterocycles. The summed E-state index contributed by atoms with van der Waals surface area (Å²) in [7, 11) is 0. The predicted octanol–water partition coefficient (Wildman–Crippen LogP) is 1.14. The Balaban J connectivity index is 0. The van der Waals surface area contributed by atoms with Gasteiger partial charge in [0.25, 0.3) is 0 Å². The number of ether oxygens (including phenoxy) is 1. The summed E-state index contributed by atoms with van der Waals surface area (Å²) in [6.07, 6.45) is 1.11. The molecule has 20 heavy (non-hydrogen) atoms. The molecule has 1 saturated heterocycles. The SMILES string of the molecule is CCN(CC)CCOC1CCN(C(=O)[C@@H](C)N)C1.Cl.Cl. The Kier molecular flexibility index (Phi) is 12.9. The second-order valence-corrected chi connectivity index (χ2v) is 4.88. The fourth-order valence-electron chi connectivity index (χ4n) is 2.24. The second-order valence-electron chi connectivity index (χ2n) is 4.88. The summed E-state index contributed by atoms with van der Waals surface area (Å²) in [6.45, 7) is 11.3. The highest BCUT2D eigenvalue weighted by molar-refractivity contribution is 5.85. The van der Waals surface area contributed by atoms with Gasteiger partial charge in [0.05, 0.1) is 18.8 Å². The van der Waals surface area contributed by atoms with Crippen LogP contribution in [-0.2, 0) is 9.53 Å². The first-order valence-electron chi connectivity index (χ1n) is 6.96. The van der Waals surface area contributed by atoms with Crippen molar-refractivity contribution >= 4 is 30.7 Å². The van der Waals surface area contributed by atoms with Gasteiger partial charge in [-0.1, -0.05) is 13.8 Å². The lowest BCUT2D eigenvalue weighted by Gasteiger charge is -2.20. The molecule has 2 atom stereocenters. The molecule has 1 unspecified atom stereocenters.